The van der Waals surface area contributed by atoms with E-state index in [0.717, 1.165) is 23.9 Å². The summed E-state index contributed by atoms with van der Waals surface area (Å²) in [5, 5.41) is 6.65. The van der Waals surface area contributed by atoms with Crippen LogP contribution in [0.3, 0.4) is 0 Å². The highest BCUT2D eigenvalue weighted by atomic mass is 127. The Bertz CT molecular complexity index is 515. The van der Waals surface area contributed by atoms with E-state index in [1.165, 1.54) is 25.7 Å². The smallest absolute Gasteiger partial charge is 0.243 e. The monoisotopic (exact) mass is 465 g/mol. The fraction of sp³-hybridized carbons (Fsp3) is 0.688. The SMILES string of the molecule is CN(C)C(=O)CN=C(NC1CCCC1)N(C)CCc1nccs1.I. The number of nitrogens with zero attached hydrogens (tertiary/aromatic N) is 4. The molecule has 0 radical (unpaired) electrons. The number of aromatic nitrogens is 1. The summed E-state index contributed by atoms with van der Waals surface area (Å²) < 4.78 is 0. The van der Waals surface area contributed by atoms with Crippen molar-refractivity contribution in [3.8, 4) is 0 Å². The van der Waals surface area contributed by atoms with E-state index in [9.17, 15) is 4.79 Å². The minimum Gasteiger partial charge on any atom is -0.354 e. The van der Waals surface area contributed by atoms with E-state index >= 15 is 0 Å². The standard InChI is InChI=1S/C16H27N5OS.HI/c1-20(2)15(22)12-18-16(19-13-6-4-5-7-13)21(3)10-8-14-17-9-11-23-14;/h9,11,13H,4-8,10,12H2,1-3H3,(H,18,19);1H. The van der Waals surface area contributed by atoms with Crippen LogP contribution >= 0.6 is 35.3 Å². The molecule has 1 amide bonds. The van der Waals surface area contributed by atoms with Gasteiger partial charge in [-0.1, -0.05) is 12.8 Å². The number of guanidine groups is 1. The number of aliphatic imine (C=N–C) groups is 1. The maximum atomic E-state index is 11.8. The van der Waals surface area contributed by atoms with Crippen molar-refractivity contribution in [2.24, 2.45) is 4.99 Å². The molecule has 0 unspecified atom stereocenters. The average molecular weight is 465 g/mol. The van der Waals surface area contributed by atoms with Crippen LogP contribution in [0.1, 0.15) is 30.7 Å². The summed E-state index contributed by atoms with van der Waals surface area (Å²) in [7, 11) is 5.54. The second kappa shape index (κ2) is 10.9. The van der Waals surface area contributed by atoms with Crippen LogP contribution in [-0.2, 0) is 11.2 Å². The van der Waals surface area contributed by atoms with E-state index in [1.54, 1.807) is 30.3 Å². The molecule has 1 aromatic heterocycles. The molecule has 1 aliphatic carbocycles. The Morgan fingerprint density at radius 2 is 2.08 bits per heavy atom. The maximum Gasteiger partial charge on any atom is 0.243 e. The number of rotatable bonds is 6. The molecule has 1 N–H and O–H groups in total. The van der Waals surface area contributed by atoms with E-state index in [-0.39, 0.29) is 36.4 Å². The van der Waals surface area contributed by atoms with E-state index in [0.29, 0.717) is 6.04 Å². The molecule has 24 heavy (non-hydrogen) atoms. The third-order valence-corrected chi connectivity index (χ3v) is 4.90. The van der Waals surface area contributed by atoms with Gasteiger partial charge >= 0.3 is 0 Å². The van der Waals surface area contributed by atoms with Gasteiger partial charge in [0, 0.05) is 51.7 Å². The lowest BCUT2D eigenvalue weighted by Crippen LogP contribution is -2.44. The van der Waals surface area contributed by atoms with Gasteiger partial charge in [0.2, 0.25) is 5.91 Å². The van der Waals surface area contributed by atoms with Gasteiger partial charge in [-0.05, 0) is 12.8 Å². The number of likely N-dealkylation sites (N-methyl/N-ethyl adjacent to an activating group) is 2. The second-order valence-corrected chi connectivity index (χ2v) is 7.13. The van der Waals surface area contributed by atoms with Crippen LogP contribution in [0.2, 0.25) is 0 Å². The molecule has 1 saturated carbocycles. The number of carbonyl (C=O) groups is 1. The molecule has 1 aliphatic rings. The molecule has 1 aromatic rings. The van der Waals surface area contributed by atoms with Crippen molar-refractivity contribution in [2.45, 2.75) is 38.1 Å². The molecule has 0 aliphatic heterocycles. The van der Waals surface area contributed by atoms with Gasteiger partial charge in [-0.25, -0.2) is 9.98 Å². The Morgan fingerprint density at radius 3 is 2.67 bits per heavy atom. The summed E-state index contributed by atoms with van der Waals surface area (Å²) in [6.07, 6.45) is 7.62. The van der Waals surface area contributed by atoms with Crippen LogP contribution in [0.25, 0.3) is 0 Å². The Hall–Kier alpha value is -0.900. The van der Waals surface area contributed by atoms with Gasteiger partial charge in [-0.2, -0.15) is 0 Å². The highest BCUT2D eigenvalue weighted by molar-refractivity contribution is 14.0. The van der Waals surface area contributed by atoms with Crippen molar-refractivity contribution >= 4 is 47.2 Å². The molecular weight excluding hydrogens is 437 g/mol. The second-order valence-electron chi connectivity index (χ2n) is 6.15. The summed E-state index contributed by atoms with van der Waals surface area (Å²) in [4.78, 5) is 24.3. The quantitative estimate of drug-likeness (QED) is 0.398. The van der Waals surface area contributed by atoms with Crippen LogP contribution in [-0.4, -0.2) is 66.9 Å². The van der Waals surface area contributed by atoms with Crippen LogP contribution in [0.4, 0.5) is 0 Å². The number of hydrogen-bond acceptors (Lipinski definition) is 4. The number of halogens is 1. The van der Waals surface area contributed by atoms with E-state index < -0.39 is 0 Å². The predicted molar refractivity (Wildman–Crippen MR) is 110 cm³/mol. The van der Waals surface area contributed by atoms with E-state index in [4.69, 9.17) is 0 Å². The third kappa shape index (κ3) is 6.92. The largest absolute Gasteiger partial charge is 0.354 e. The number of amides is 1. The van der Waals surface area contributed by atoms with Crippen molar-refractivity contribution in [1.82, 2.24) is 20.1 Å². The Morgan fingerprint density at radius 1 is 1.38 bits per heavy atom. The first kappa shape index (κ1) is 21.1. The lowest BCUT2D eigenvalue weighted by molar-refractivity contribution is -0.127. The topological polar surface area (TPSA) is 60.8 Å². The van der Waals surface area contributed by atoms with Gasteiger partial charge in [0.25, 0.3) is 0 Å². The van der Waals surface area contributed by atoms with Gasteiger partial charge in [-0.3, -0.25) is 4.79 Å². The van der Waals surface area contributed by atoms with Crippen molar-refractivity contribution < 1.29 is 4.79 Å². The first-order valence-electron chi connectivity index (χ1n) is 8.17. The number of hydrogen-bond donors (Lipinski definition) is 1. The number of nitrogens with one attached hydrogen (secondary N) is 1. The first-order valence-corrected chi connectivity index (χ1v) is 9.05. The lowest BCUT2D eigenvalue weighted by atomic mass is 10.2. The molecule has 0 atom stereocenters. The zero-order valence-electron chi connectivity index (χ0n) is 14.7. The fourth-order valence-electron chi connectivity index (χ4n) is 2.56. The molecule has 136 valence electrons. The first-order chi connectivity index (χ1) is 11.1. The molecule has 2 rings (SSSR count). The zero-order valence-corrected chi connectivity index (χ0v) is 17.8. The highest BCUT2D eigenvalue weighted by Gasteiger charge is 2.18. The van der Waals surface area contributed by atoms with Gasteiger partial charge in [0.15, 0.2) is 5.96 Å². The van der Waals surface area contributed by atoms with E-state index in [2.05, 4.69) is 20.2 Å². The summed E-state index contributed by atoms with van der Waals surface area (Å²) >= 11 is 1.67. The number of thiazole rings is 1. The van der Waals surface area contributed by atoms with Gasteiger partial charge in [0.05, 0.1) is 5.01 Å². The lowest BCUT2D eigenvalue weighted by Gasteiger charge is -2.25. The molecule has 0 saturated heterocycles. The Balaban J connectivity index is 0.00000288. The van der Waals surface area contributed by atoms with Gasteiger partial charge in [-0.15, -0.1) is 35.3 Å². The summed E-state index contributed by atoms with van der Waals surface area (Å²) in [6, 6.07) is 0.477. The molecule has 1 fully saturated rings. The normalized spacial score (nSPS) is 15.0. The van der Waals surface area contributed by atoms with Crippen LogP contribution in [0.15, 0.2) is 16.6 Å². The minimum absolute atomic E-state index is 0. The fourth-order valence-corrected chi connectivity index (χ4v) is 3.17. The van der Waals surface area contributed by atoms with E-state index in [1.807, 2.05) is 18.6 Å². The molecule has 1 heterocycles. The van der Waals surface area contributed by atoms with Crippen molar-refractivity contribution in [3.05, 3.63) is 16.6 Å². The average Bonchev–Trinajstić information content (AvgIpc) is 3.21. The molecular formula is C16H28IN5OS. The minimum atomic E-state index is 0. The number of carbonyl (C=O) groups excluding carboxylic acids is 1. The summed E-state index contributed by atoms with van der Waals surface area (Å²) in [6.45, 7) is 1.02. The summed E-state index contributed by atoms with van der Waals surface area (Å²) in [5.74, 6) is 0.840. The van der Waals surface area contributed by atoms with Crippen molar-refractivity contribution in [3.63, 3.8) is 0 Å². The molecule has 8 heteroatoms. The molecule has 6 nitrogen and oxygen atoms in total. The molecule has 0 aromatic carbocycles. The van der Waals surface area contributed by atoms with Crippen LogP contribution < -0.4 is 5.32 Å². The maximum absolute atomic E-state index is 11.8. The Kier molecular flexibility index (Phi) is 9.57. The summed E-state index contributed by atoms with van der Waals surface area (Å²) in [5.41, 5.74) is 0. The third-order valence-electron chi connectivity index (χ3n) is 4.06. The van der Waals surface area contributed by atoms with Gasteiger partial charge in [0.1, 0.15) is 6.54 Å². The Labute approximate surface area is 165 Å². The van der Waals surface area contributed by atoms with Crippen molar-refractivity contribution in [2.75, 3.05) is 34.2 Å². The predicted octanol–water partition coefficient (Wildman–Crippen LogP) is 2.21. The van der Waals surface area contributed by atoms with Crippen LogP contribution in [0.5, 0.6) is 0 Å². The highest BCUT2D eigenvalue weighted by Crippen LogP contribution is 2.17. The zero-order chi connectivity index (χ0) is 16.7. The molecule has 0 bridgehead atoms. The molecule has 0 spiro atoms. The van der Waals surface area contributed by atoms with Gasteiger partial charge < -0.3 is 15.1 Å². The van der Waals surface area contributed by atoms with Crippen molar-refractivity contribution in [1.29, 1.82) is 0 Å². The van der Waals surface area contributed by atoms with Crippen LogP contribution in [0, 0.1) is 0 Å².